The van der Waals surface area contributed by atoms with Gasteiger partial charge in [0.1, 0.15) is 6.54 Å². The van der Waals surface area contributed by atoms with Gasteiger partial charge in [0.25, 0.3) is 0 Å². The Morgan fingerprint density at radius 3 is 2.55 bits per heavy atom. The molecule has 8 heteroatoms. The normalized spacial score (nSPS) is 27.7. The molecule has 2 bridgehead atoms. The molecule has 1 aromatic carbocycles. The fraction of sp³-hybridized carbons (Fsp3) is 0.520. The molecule has 2 N–H and O–H groups in total. The Hall–Kier alpha value is -3.16. The van der Waals surface area contributed by atoms with Crippen molar-refractivity contribution in [2.24, 2.45) is 28.7 Å². The number of imide groups is 1. The first kappa shape index (κ1) is 21.7. The van der Waals surface area contributed by atoms with Gasteiger partial charge in [0.2, 0.25) is 17.7 Å². The number of aryl methyl sites for hydroxylation is 1. The van der Waals surface area contributed by atoms with Crippen LogP contribution in [-0.4, -0.2) is 61.3 Å². The van der Waals surface area contributed by atoms with Crippen molar-refractivity contribution >= 4 is 29.4 Å². The zero-order valence-corrected chi connectivity index (χ0v) is 19.0. The Kier molecular flexibility index (Phi) is 5.91. The number of carbonyl (C=O) groups is 3. The second-order valence-electron chi connectivity index (χ2n) is 9.23. The van der Waals surface area contributed by atoms with E-state index in [0.717, 1.165) is 24.9 Å². The van der Waals surface area contributed by atoms with Gasteiger partial charge in [-0.1, -0.05) is 30.4 Å². The van der Waals surface area contributed by atoms with Gasteiger partial charge in [0.05, 0.1) is 11.8 Å². The summed E-state index contributed by atoms with van der Waals surface area (Å²) >= 11 is 0. The minimum Gasteiger partial charge on any atom is -0.357 e. The lowest BCUT2D eigenvalue weighted by Crippen LogP contribution is -2.44. The molecule has 2 aliphatic carbocycles. The van der Waals surface area contributed by atoms with Gasteiger partial charge >= 0.3 is 0 Å². The topological polar surface area (TPSA) is 94.1 Å². The predicted molar refractivity (Wildman–Crippen MR) is 126 cm³/mol. The third kappa shape index (κ3) is 3.92. The van der Waals surface area contributed by atoms with E-state index in [-0.39, 0.29) is 47.9 Å². The third-order valence-electron chi connectivity index (χ3n) is 7.32. The summed E-state index contributed by atoms with van der Waals surface area (Å²) in [5, 5.41) is 6.32. The molecule has 1 saturated heterocycles. The quantitative estimate of drug-likeness (QED) is 0.296. The number of hydrogen-bond acceptors (Lipinski definition) is 4. The smallest absolute Gasteiger partial charge is 0.248 e. The number of para-hydroxylation sites is 1. The van der Waals surface area contributed by atoms with Crippen LogP contribution in [-0.2, 0) is 20.8 Å². The van der Waals surface area contributed by atoms with Gasteiger partial charge in [0.15, 0.2) is 5.96 Å². The van der Waals surface area contributed by atoms with E-state index in [4.69, 9.17) is 0 Å². The van der Waals surface area contributed by atoms with Crippen molar-refractivity contribution in [2.45, 2.75) is 26.2 Å². The lowest BCUT2D eigenvalue weighted by molar-refractivity contribution is -0.140. The van der Waals surface area contributed by atoms with Crippen LogP contribution in [0.25, 0.3) is 0 Å². The van der Waals surface area contributed by atoms with Crippen LogP contribution >= 0.6 is 0 Å². The van der Waals surface area contributed by atoms with Crippen molar-refractivity contribution in [3.8, 4) is 0 Å². The zero-order valence-electron chi connectivity index (χ0n) is 19.0. The standard InChI is InChI=1S/C25H31N5O3/c1-2-26-25(28-15-20(31)29-12-5-7-16-6-3-4-8-19(16)29)27-11-13-30-23(32)21-17-9-10-18(14-17)22(21)24(30)33/h3-4,6,8-10,17-18,21-22H,2,5,7,11-15H2,1H3,(H2,26,27,28). The van der Waals surface area contributed by atoms with Gasteiger partial charge in [-0.05, 0) is 49.7 Å². The number of amides is 3. The number of rotatable bonds is 6. The van der Waals surface area contributed by atoms with Crippen LogP contribution in [0, 0.1) is 23.7 Å². The number of hydrogen-bond donors (Lipinski definition) is 2. The molecule has 3 amide bonds. The molecule has 1 saturated carbocycles. The Morgan fingerprint density at radius 1 is 1.09 bits per heavy atom. The van der Waals surface area contributed by atoms with Gasteiger partial charge in [0, 0.05) is 31.9 Å². The number of likely N-dealkylation sites (tertiary alicyclic amines) is 1. The summed E-state index contributed by atoms with van der Waals surface area (Å²) < 4.78 is 0. The molecule has 4 unspecified atom stereocenters. The molecule has 0 aromatic heterocycles. The molecule has 4 aliphatic rings. The van der Waals surface area contributed by atoms with Crippen LogP contribution in [0.4, 0.5) is 5.69 Å². The second kappa shape index (κ2) is 9.00. The van der Waals surface area contributed by atoms with Gasteiger partial charge in [-0.25, -0.2) is 4.99 Å². The molecule has 2 aliphatic heterocycles. The maximum Gasteiger partial charge on any atom is 0.248 e. The molecular weight excluding hydrogens is 418 g/mol. The van der Waals surface area contributed by atoms with Crippen LogP contribution in [0.15, 0.2) is 41.4 Å². The monoisotopic (exact) mass is 449 g/mol. The fourth-order valence-electron chi connectivity index (χ4n) is 5.84. The van der Waals surface area contributed by atoms with E-state index >= 15 is 0 Å². The van der Waals surface area contributed by atoms with E-state index in [0.29, 0.717) is 32.1 Å². The highest BCUT2D eigenvalue weighted by atomic mass is 16.2. The fourth-order valence-corrected chi connectivity index (χ4v) is 5.84. The van der Waals surface area contributed by atoms with Gasteiger partial charge in [-0.15, -0.1) is 0 Å². The highest BCUT2D eigenvalue weighted by Gasteiger charge is 2.58. The molecule has 5 rings (SSSR count). The van der Waals surface area contributed by atoms with Crippen LogP contribution in [0.1, 0.15) is 25.3 Å². The number of aliphatic imine (C=N–C) groups is 1. The first-order valence-electron chi connectivity index (χ1n) is 12.0. The zero-order chi connectivity index (χ0) is 22.9. The van der Waals surface area contributed by atoms with E-state index in [2.05, 4.69) is 33.8 Å². The summed E-state index contributed by atoms with van der Waals surface area (Å²) in [5.41, 5.74) is 2.17. The summed E-state index contributed by atoms with van der Waals surface area (Å²) in [7, 11) is 0. The summed E-state index contributed by atoms with van der Waals surface area (Å²) in [6.07, 6.45) is 7.08. The van der Waals surface area contributed by atoms with Crippen molar-refractivity contribution in [3.63, 3.8) is 0 Å². The number of nitrogens with one attached hydrogen (secondary N) is 2. The molecule has 8 nitrogen and oxygen atoms in total. The van der Waals surface area contributed by atoms with Crippen LogP contribution < -0.4 is 15.5 Å². The van der Waals surface area contributed by atoms with Crippen molar-refractivity contribution in [2.75, 3.05) is 37.6 Å². The summed E-state index contributed by atoms with van der Waals surface area (Å²) in [5.74, 6) is 0.503. The van der Waals surface area contributed by atoms with Crippen molar-refractivity contribution < 1.29 is 14.4 Å². The molecular formula is C25H31N5O3. The number of fused-ring (bicyclic) bond motifs is 6. The van der Waals surface area contributed by atoms with Crippen LogP contribution in [0.2, 0.25) is 0 Å². The maximum atomic E-state index is 12.9. The number of nitrogens with zero attached hydrogens (tertiary/aromatic N) is 3. The molecule has 1 aromatic rings. The minimum absolute atomic E-state index is 0.0322. The second-order valence-corrected chi connectivity index (χ2v) is 9.23. The van der Waals surface area contributed by atoms with Crippen molar-refractivity contribution in [3.05, 3.63) is 42.0 Å². The number of guanidine groups is 1. The Bertz CT molecular complexity index is 989. The third-order valence-corrected chi connectivity index (χ3v) is 7.32. The Labute approximate surface area is 194 Å². The van der Waals surface area contributed by atoms with E-state index in [1.165, 1.54) is 10.5 Å². The molecule has 2 fully saturated rings. The SMILES string of the molecule is CCNC(=NCC(=O)N1CCCc2ccccc21)NCCN1C(=O)C2C3C=CC(C3)C2C1=O. The number of benzene rings is 1. The average Bonchev–Trinajstić information content (AvgIpc) is 3.51. The summed E-state index contributed by atoms with van der Waals surface area (Å²) in [4.78, 5) is 46.2. The maximum absolute atomic E-state index is 12.9. The molecule has 2 heterocycles. The Morgan fingerprint density at radius 2 is 1.82 bits per heavy atom. The van der Waals surface area contributed by atoms with E-state index in [1.54, 1.807) is 0 Å². The van der Waals surface area contributed by atoms with Crippen molar-refractivity contribution in [1.82, 2.24) is 15.5 Å². The predicted octanol–water partition coefficient (Wildman–Crippen LogP) is 1.33. The summed E-state index contributed by atoms with van der Waals surface area (Å²) in [6.45, 7) is 4.04. The van der Waals surface area contributed by atoms with Gasteiger partial charge in [-0.3, -0.25) is 19.3 Å². The molecule has 33 heavy (non-hydrogen) atoms. The Balaban J connectivity index is 1.17. The highest BCUT2D eigenvalue weighted by Crippen LogP contribution is 2.52. The lowest BCUT2D eigenvalue weighted by Gasteiger charge is -2.29. The first-order valence-corrected chi connectivity index (χ1v) is 12.0. The molecule has 0 spiro atoms. The summed E-state index contributed by atoms with van der Waals surface area (Å²) in [6, 6.07) is 8.01. The minimum atomic E-state index is -0.167. The molecule has 0 radical (unpaired) electrons. The largest absolute Gasteiger partial charge is 0.357 e. The number of carbonyl (C=O) groups excluding carboxylic acids is 3. The van der Waals surface area contributed by atoms with E-state index in [9.17, 15) is 14.4 Å². The van der Waals surface area contributed by atoms with Crippen molar-refractivity contribution in [1.29, 1.82) is 0 Å². The van der Waals surface area contributed by atoms with Gasteiger partial charge < -0.3 is 15.5 Å². The van der Waals surface area contributed by atoms with Crippen LogP contribution in [0.3, 0.4) is 0 Å². The number of allylic oxidation sites excluding steroid dienone is 2. The lowest BCUT2D eigenvalue weighted by atomic mass is 9.85. The highest BCUT2D eigenvalue weighted by molar-refractivity contribution is 6.06. The first-order chi connectivity index (χ1) is 16.1. The number of anilines is 1. The molecule has 174 valence electrons. The van der Waals surface area contributed by atoms with Gasteiger partial charge in [-0.2, -0.15) is 0 Å². The molecule has 4 atom stereocenters. The average molecular weight is 450 g/mol. The van der Waals surface area contributed by atoms with E-state index < -0.39 is 0 Å². The van der Waals surface area contributed by atoms with Crippen LogP contribution in [0.5, 0.6) is 0 Å². The van der Waals surface area contributed by atoms with E-state index in [1.807, 2.05) is 30.0 Å².